The van der Waals surface area contributed by atoms with Gasteiger partial charge in [-0.3, -0.25) is 14.6 Å². The zero-order valence-electron chi connectivity index (χ0n) is 12.8. The Kier molecular flexibility index (Phi) is 2.65. The van der Waals surface area contributed by atoms with Crippen molar-refractivity contribution in [1.82, 2.24) is 4.98 Å². The molecule has 0 spiro atoms. The van der Waals surface area contributed by atoms with Crippen LogP contribution < -0.4 is 0 Å². The molecular weight excluding hydrogens is 274 g/mol. The number of hydrogen-bond donors (Lipinski definition) is 0. The van der Waals surface area contributed by atoms with E-state index in [-0.39, 0.29) is 17.0 Å². The van der Waals surface area contributed by atoms with E-state index in [9.17, 15) is 9.59 Å². The van der Waals surface area contributed by atoms with Gasteiger partial charge in [-0.15, -0.1) is 0 Å². The largest absolute Gasteiger partial charge is 0.294 e. The highest BCUT2D eigenvalue weighted by Crippen LogP contribution is 2.36. The predicted molar refractivity (Wildman–Crippen MR) is 83.4 cm³/mol. The van der Waals surface area contributed by atoms with E-state index in [0.29, 0.717) is 24.0 Å². The highest BCUT2D eigenvalue weighted by Gasteiger charge is 2.34. The molecule has 0 unspecified atom stereocenters. The maximum atomic E-state index is 12.7. The molecule has 2 aliphatic carbocycles. The normalized spacial score (nSPS) is 18.5. The molecule has 0 radical (unpaired) electrons. The zero-order chi connectivity index (χ0) is 15.5. The van der Waals surface area contributed by atoms with E-state index in [1.807, 2.05) is 24.3 Å². The van der Waals surface area contributed by atoms with Crippen molar-refractivity contribution in [3.8, 4) is 0 Å². The van der Waals surface area contributed by atoms with Gasteiger partial charge < -0.3 is 0 Å². The van der Waals surface area contributed by atoms with Gasteiger partial charge in [-0.1, -0.05) is 38.1 Å². The second-order valence-corrected chi connectivity index (χ2v) is 7.08. The Labute approximate surface area is 129 Å². The first kappa shape index (κ1) is 13.4. The number of aromatic nitrogens is 1. The van der Waals surface area contributed by atoms with E-state index in [0.717, 1.165) is 28.9 Å². The first-order valence-corrected chi connectivity index (χ1v) is 7.63. The Balaban J connectivity index is 1.88. The minimum absolute atomic E-state index is 0.00946. The molecular formula is C19H17NO2. The molecule has 0 atom stereocenters. The number of carbonyl (C=O) groups is 2. The van der Waals surface area contributed by atoms with Crippen molar-refractivity contribution >= 4 is 11.6 Å². The average molecular weight is 291 g/mol. The summed E-state index contributed by atoms with van der Waals surface area (Å²) >= 11 is 0. The summed E-state index contributed by atoms with van der Waals surface area (Å²) in [5, 5.41) is 0. The lowest BCUT2D eigenvalue weighted by Crippen LogP contribution is -2.29. The van der Waals surface area contributed by atoms with Crippen LogP contribution in [0, 0.1) is 5.41 Å². The molecule has 0 fully saturated rings. The van der Waals surface area contributed by atoms with Gasteiger partial charge in [0, 0.05) is 29.5 Å². The Morgan fingerprint density at radius 3 is 2.55 bits per heavy atom. The number of Topliss-reactive ketones (excluding diaryl/α,β-unsaturated/α-hetero) is 1. The van der Waals surface area contributed by atoms with Crippen LogP contribution in [0.4, 0.5) is 0 Å². The third-order valence-electron chi connectivity index (χ3n) is 4.63. The number of pyridine rings is 1. The van der Waals surface area contributed by atoms with Crippen LogP contribution in [0.1, 0.15) is 63.5 Å². The standard InChI is InChI=1S/C19H17NO2/c1-19(2)9-16-13(17(21)10-19)8-14-15(20-16)7-11-5-3-4-6-12(11)18(14)22/h3-6,8H,7,9-10H2,1-2H3. The minimum Gasteiger partial charge on any atom is -0.294 e. The van der Waals surface area contributed by atoms with Crippen molar-refractivity contribution in [3.63, 3.8) is 0 Å². The lowest BCUT2D eigenvalue weighted by molar-refractivity contribution is 0.0910. The Morgan fingerprint density at radius 2 is 1.73 bits per heavy atom. The van der Waals surface area contributed by atoms with Crippen molar-refractivity contribution < 1.29 is 9.59 Å². The second kappa shape index (κ2) is 4.35. The fourth-order valence-electron chi connectivity index (χ4n) is 3.57. The number of hydrogen-bond acceptors (Lipinski definition) is 3. The molecule has 3 nitrogen and oxygen atoms in total. The van der Waals surface area contributed by atoms with Crippen molar-refractivity contribution in [2.24, 2.45) is 5.41 Å². The molecule has 0 aliphatic heterocycles. The SMILES string of the molecule is CC1(C)CC(=O)c2cc3c(nc2C1)Cc1ccccc1C3=O. The van der Waals surface area contributed by atoms with Gasteiger partial charge in [0.05, 0.1) is 11.4 Å². The van der Waals surface area contributed by atoms with Gasteiger partial charge in [-0.2, -0.15) is 0 Å². The van der Waals surface area contributed by atoms with Gasteiger partial charge in [0.1, 0.15) is 0 Å². The van der Waals surface area contributed by atoms with Crippen LogP contribution >= 0.6 is 0 Å². The van der Waals surface area contributed by atoms with Gasteiger partial charge in [0.2, 0.25) is 0 Å². The summed E-state index contributed by atoms with van der Waals surface area (Å²) in [5.41, 5.74) is 4.62. The summed E-state index contributed by atoms with van der Waals surface area (Å²) in [4.78, 5) is 29.8. The van der Waals surface area contributed by atoms with Crippen LogP contribution in [0.2, 0.25) is 0 Å². The first-order chi connectivity index (χ1) is 10.4. The first-order valence-electron chi connectivity index (χ1n) is 7.63. The lowest BCUT2D eigenvalue weighted by Gasteiger charge is -2.30. The number of nitrogens with zero attached hydrogens (tertiary/aromatic N) is 1. The molecule has 1 heterocycles. The maximum absolute atomic E-state index is 12.7. The molecule has 1 aromatic carbocycles. The Morgan fingerprint density at radius 1 is 0.955 bits per heavy atom. The van der Waals surface area contributed by atoms with Gasteiger partial charge in [0.25, 0.3) is 0 Å². The quantitative estimate of drug-likeness (QED) is 0.638. The van der Waals surface area contributed by atoms with Gasteiger partial charge in [-0.05, 0) is 23.5 Å². The van der Waals surface area contributed by atoms with Crippen LogP contribution in [0.5, 0.6) is 0 Å². The predicted octanol–water partition coefficient (Wildman–Crippen LogP) is 3.37. The van der Waals surface area contributed by atoms with Crippen LogP contribution in [0.3, 0.4) is 0 Å². The molecule has 3 heteroatoms. The molecule has 4 rings (SSSR count). The Hall–Kier alpha value is -2.29. The maximum Gasteiger partial charge on any atom is 0.195 e. The third kappa shape index (κ3) is 1.92. The fraction of sp³-hybridized carbons (Fsp3) is 0.316. The van der Waals surface area contributed by atoms with Gasteiger partial charge in [-0.25, -0.2) is 0 Å². The van der Waals surface area contributed by atoms with Gasteiger partial charge in [0.15, 0.2) is 11.6 Å². The molecule has 0 saturated carbocycles. The summed E-state index contributed by atoms with van der Waals surface area (Å²) in [5.74, 6) is 0.0954. The molecule has 0 saturated heterocycles. The third-order valence-corrected chi connectivity index (χ3v) is 4.63. The van der Waals surface area contributed by atoms with Crippen LogP contribution in [0.15, 0.2) is 30.3 Å². The smallest absolute Gasteiger partial charge is 0.195 e. The van der Waals surface area contributed by atoms with E-state index in [1.165, 1.54) is 0 Å². The molecule has 0 N–H and O–H groups in total. The lowest BCUT2D eigenvalue weighted by atomic mass is 9.74. The zero-order valence-corrected chi connectivity index (χ0v) is 12.8. The van der Waals surface area contributed by atoms with Gasteiger partial charge >= 0.3 is 0 Å². The topological polar surface area (TPSA) is 47.0 Å². The summed E-state index contributed by atoms with van der Waals surface area (Å²) < 4.78 is 0. The highest BCUT2D eigenvalue weighted by molar-refractivity contribution is 6.13. The van der Waals surface area contributed by atoms with Crippen LogP contribution in [0.25, 0.3) is 0 Å². The number of ketones is 2. The van der Waals surface area contributed by atoms with Crippen molar-refractivity contribution in [1.29, 1.82) is 0 Å². The number of fused-ring (bicyclic) bond motifs is 3. The molecule has 1 aromatic heterocycles. The van der Waals surface area contributed by atoms with Crippen LogP contribution in [-0.2, 0) is 12.8 Å². The second-order valence-electron chi connectivity index (χ2n) is 7.08. The average Bonchev–Trinajstić information content (AvgIpc) is 2.45. The summed E-state index contributed by atoms with van der Waals surface area (Å²) in [6, 6.07) is 9.44. The molecule has 0 amide bonds. The fourth-order valence-corrected chi connectivity index (χ4v) is 3.57. The Bertz CT molecular complexity index is 833. The summed E-state index contributed by atoms with van der Waals surface area (Å²) in [6.07, 6.45) is 1.97. The van der Waals surface area contributed by atoms with Crippen molar-refractivity contribution in [3.05, 3.63) is 64.0 Å². The monoisotopic (exact) mass is 291 g/mol. The van der Waals surface area contributed by atoms with E-state index in [4.69, 9.17) is 4.98 Å². The minimum atomic E-state index is -0.0537. The summed E-state index contributed by atoms with van der Waals surface area (Å²) in [6.45, 7) is 4.19. The number of carbonyl (C=O) groups excluding carboxylic acids is 2. The number of rotatable bonds is 0. The molecule has 2 aliphatic rings. The van der Waals surface area contributed by atoms with Crippen molar-refractivity contribution in [2.45, 2.75) is 33.1 Å². The van der Waals surface area contributed by atoms with E-state index in [2.05, 4.69) is 13.8 Å². The van der Waals surface area contributed by atoms with Crippen LogP contribution in [-0.4, -0.2) is 16.6 Å². The van der Waals surface area contributed by atoms with E-state index < -0.39 is 0 Å². The molecule has 2 aromatic rings. The van der Waals surface area contributed by atoms with Crippen molar-refractivity contribution in [2.75, 3.05) is 0 Å². The molecule has 0 bridgehead atoms. The van der Waals surface area contributed by atoms with E-state index >= 15 is 0 Å². The molecule has 110 valence electrons. The number of benzene rings is 1. The molecule has 22 heavy (non-hydrogen) atoms. The summed E-state index contributed by atoms with van der Waals surface area (Å²) in [7, 11) is 0. The van der Waals surface area contributed by atoms with E-state index in [1.54, 1.807) is 6.07 Å². The highest BCUT2D eigenvalue weighted by atomic mass is 16.1.